The van der Waals surface area contributed by atoms with Crippen LogP contribution in [0.25, 0.3) is 0 Å². The fourth-order valence-electron chi connectivity index (χ4n) is 2.18. The van der Waals surface area contributed by atoms with Crippen molar-refractivity contribution in [2.75, 3.05) is 11.9 Å². The lowest BCUT2D eigenvalue weighted by molar-refractivity contribution is 0.101. The van der Waals surface area contributed by atoms with Gasteiger partial charge in [-0.25, -0.2) is 0 Å². The van der Waals surface area contributed by atoms with Crippen LogP contribution in [0.4, 0.5) is 5.69 Å². The highest BCUT2D eigenvalue weighted by Crippen LogP contribution is 2.27. The second-order valence-electron chi connectivity index (χ2n) is 5.31. The van der Waals surface area contributed by atoms with Gasteiger partial charge in [-0.3, -0.25) is 4.79 Å². The van der Waals surface area contributed by atoms with Crippen molar-refractivity contribution >= 4 is 27.4 Å². The second-order valence-corrected chi connectivity index (χ2v) is 6.22. The molecule has 0 saturated carbocycles. The molecule has 1 aromatic rings. The molecule has 0 aromatic heterocycles. The van der Waals surface area contributed by atoms with Crippen LogP contribution in [0.1, 0.15) is 44.5 Å². The van der Waals surface area contributed by atoms with Gasteiger partial charge in [0.25, 0.3) is 0 Å². The minimum absolute atomic E-state index is 0.106. The molecule has 0 saturated heterocycles. The van der Waals surface area contributed by atoms with Gasteiger partial charge in [0.1, 0.15) is 0 Å². The maximum atomic E-state index is 11.7. The van der Waals surface area contributed by atoms with Crippen LogP contribution in [0.3, 0.4) is 0 Å². The normalized spacial score (nSPS) is 12.6. The molecule has 100 valence electrons. The van der Waals surface area contributed by atoms with E-state index < -0.39 is 0 Å². The van der Waals surface area contributed by atoms with Gasteiger partial charge in [0.15, 0.2) is 5.78 Å². The number of carbonyl (C=O) groups excluding carboxylic acids is 1. The van der Waals surface area contributed by atoms with Crippen LogP contribution in [0.2, 0.25) is 0 Å². The third-order valence-electron chi connectivity index (χ3n) is 3.19. The maximum absolute atomic E-state index is 11.7. The van der Waals surface area contributed by atoms with Crippen molar-refractivity contribution in [1.82, 2.24) is 0 Å². The van der Waals surface area contributed by atoms with Crippen LogP contribution in [-0.4, -0.2) is 18.9 Å². The summed E-state index contributed by atoms with van der Waals surface area (Å²) in [5, 5.41) is 0. The van der Waals surface area contributed by atoms with Crippen molar-refractivity contribution in [3.63, 3.8) is 0 Å². The second kappa shape index (κ2) is 6.37. The summed E-state index contributed by atoms with van der Waals surface area (Å²) in [6.07, 6.45) is 1.11. The summed E-state index contributed by atoms with van der Waals surface area (Å²) in [5.41, 5.74) is 1.79. The van der Waals surface area contributed by atoms with Gasteiger partial charge in [0, 0.05) is 28.8 Å². The van der Waals surface area contributed by atoms with Crippen LogP contribution < -0.4 is 4.90 Å². The predicted molar refractivity (Wildman–Crippen MR) is 81.5 cm³/mol. The summed E-state index contributed by atoms with van der Waals surface area (Å²) >= 11 is 3.42. The Kier molecular flexibility index (Phi) is 5.39. The molecule has 1 aromatic carbocycles. The zero-order valence-corrected chi connectivity index (χ0v) is 13.4. The summed E-state index contributed by atoms with van der Waals surface area (Å²) in [4.78, 5) is 13.9. The molecule has 0 aliphatic carbocycles. The number of carbonyl (C=O) groups is 1. The van der Waals surface area contributed by atoms with Gasteiger partial charge < -0.3 is 4.90 Å². The fourth-order valence-corrected chi connectivity index (χ4v) is 2.54. The van der Waals surface area contributed by atoms with Gasteiger partial charge in [-0.05, 0) is 44.4 Å². The highest BCUT2D eigenvalue weighted by molar-refractivity contribution is 9.10. The lowest BCUT2D eigenvalue weighted by atomic mass is 10.0. The topological polar surface area (TPSA) is 20.3 Å². The quantitative estimate of drug-likeness (QED) is 0.745. The van der Waals surface area contributed by atoms with Crippen molar-refractivity contribution in [2.45, 2.75) is 40.2 Å². The molecule has 1 atom stereocenters. The van der Waals surface area contributed by atoms with E-state index >= 15 is 0 Å². The van der Waals surface area contributed by atoms with E-state index in [9.17, 15) is 4.79 Å². The van der Waals surface area contributed by atoms with Crippen LogP contribution in [0, 0.1) is 5.92 Å². The largest absolute Gasteiger partial charge is 0.371 e. The molecule has 18 heavy (non-hydrogen) atoms. The number of benzene rings is 1. The summed E-state index contributed by atoms with van der Waals surface area (Å²) in [6, 6.07) is 6.32. The number of anilines is 1. The first-order valence-corrected chi connectivity index (χ1v) is 7.15. The molecule has 0 amide bonds. The monoisotopic (exact) mass is 311 g/mol. The predicted octanol–water partition coefficient (Wildman–Crippen LogP) is 4.52. The molecule has 0 N–H and O–H groups in total. The van der Waals surface area contributed by atoms with Crippen molar-refractivity contribution in [1.29, 1.82) is 0 Å². The minimum Gasteiger partial charge on any atom is -0.371 e. The molecular weight excluding hydrogens is 290 g/mol. The maximum Gasteiger partial charge on any atom is 0.161 e. The zero-order chi connectivity index (χ0) is 13.9. The van der Waals surface area contributed by atoms with E-state index in [0.717, 1.165) is 22.1 Å². The van der Waals surface area contributed by atoms with Crippen LogP contribution in [0.5, 0.6) is 0 Å². The lowest BCUT2D eigenvalue weighted by Crippen LogP contribution is -2.31. The average molecular weight is 312 g/mol. The first-order chi connectivity index (χ1) is 8.32. The van der Waals surface area contributed by atoms with Crippen LogP contribution in [0.15, 0.2) is 22.7 Å². The van der Waals surface area contributed by atoms with Gasteiger partial charge in [-0.2, -0.15) is 0 Å². The molecule has 1 unspecified atom stereocenters. The molecule has 3 heteroatoms. The highest BCUT2D eigenvalue weighted by Gasteiger charge is 2.17. The summed E-state index contributed by atoms with van der Waals surface area (Å²) < 4.78 is 0.946. The molecule has 0 bridgehead atoms. The third kappa shape index (κ3) is 3.84. The molecule has 0 aliphatic rings. The van der Waals surface area contributed by atoms with E-state index in [1.54, 1.807) is 6.92 Å². The molecule has 2 nitrogen and oxygen atoms in total. The minimum atomic E-state index is 0.106. The average Bonchev–Trinajstić information content (AvgIpc) is 2.26. The summed E-state index contributed by atoms with van der Waals surface area (Å²) in [5.74, 6) is 0.758. The Morgan fingerprint density at radius 1 is 1.33 bits per heavy atom. The van der Waals surface area contributed by atoms with Crippen molar-refractivity contribution in [3.05, 3.63) is 28.2 Å². The van der Waals surface area contributed by atoms with Gasteiger partial charge in [-0.15, -0.1) is 0 Å². The number of Topliss-reactive ketones (excluding diaryl/α,β-unsaturated/α-hetero) is 1. The standard InChI is InChI=1S/C15H22BrNO/c1-10(2)8-11(3)17(5)15-7-6-13(16)9-14(15)12(4)18/h6-7,9-11H,8H2,1-5H3. The highest BCUT2D eigenvalue weighted by atomic mass is 79.9. The number of hydrogen-bond donors (Lipinski definition) is 0. The summed E-state index contributed by atoms with van der Waals surface area (Å²) in [7, 11) is 2.06. The fraction of sp³-hybridized carbons (Fsp3) is 0.533. The number of nitrogens with zero attached hydrogens (tertiary/aromatic N) is 1. The van der Waals surface area contributed by atoms with Crippen molar-refractivity contribution in [2.24, 2.45) is 5.92 Å². The van der Waals surface area contributed by atoms with Crippen molar-refractivity contribution in [3.8, 4) is 0 Å². The number of rotatable bonds is 5. The molecular formula is C15H22BrNO. The van der Waals surface area contributed by atoms with E-state index in [2.05, 4.69) is 48.6 Å². The number of ketones is 1. The van der Waals surface area contributed by atoms with Crippen LogP contribution in [-0.2, 0) is 0 Å². The Morgan fingerprint density at radius 2 is 1.94 bits per heavy atom. The Balaban J connectivity index is 3.04. The molecule has 0 fully saturated rings. The van der Waals surface area contributed by atoms with Gasteiger partial charge in [0.05, 0.1) is 0 Å². The van der Waals surface area contributed by atoms with Gasteiger partial charge in [0.2, 0.25) is 0 Å². The van der Waals surface area contributed by atoms with E-state index in [0.29, 0.717) is 12.0 Å². The molecule has 0 radical (unpaired) electrons. The molecule has 1 rings (SSSR count). The Morgan fingerprint density at radius 3 is 2.44 bits per heavy atom. The molecule has 0 aliphatic heterocycles. The van der Waals surface area contributed by atoms with E-state index in [1.165, 1.54) is 0 Å². The van der Waals surface area contributed by atoms with Crippen molar-refractivity contribution < 1.29 is 4.79 Å². The number of hydrogen-bond acceptors (Lipinski definition) is 2. The van der Waals surface area contributed by atoms with Gasteiger partial charge >= 0.3 is 0 Å². The van der Waals surface area contributed by atoms with Crippen LogP contribution >= 0.6 is 15.9 Å². The Bertz CT molecular complexity index is 429. The lowest BCUT2D eigenvalue weighted by Gasteiger charge is -2.30. The van der Waals surface area contributed by atoms with E-state index in [1.807, 2.05) is 18.2 Å². The molecule has 0 spiro atoms. The Hall–Kier alpha value is -0.830. The number of halogens is 1. The molecule has 0 heterocycles. The van der Waals surface area contributed by atoms with E-state index in [4.69, 9.17) is 0 Å². The zero-order valence-electron chi connectivity index (χ0n) is 11.8. The smallest absolute Gasteiger partial charge is 0.161 e. The SMILES string of the molecule is CC(=O)c1cc(Br)ccc1N(C)C(C)CC(C)C. The third-order valence-corrected chi connectivity index (χ3v) is 3.68. The van der Waals surface area contributed by atoms with Gasteiger partial charge in [-0.1, -0.05) is 29.8 Å². The van der Waals surface area contributed by atoms with E-state index in [-0.39, 0.29) is 5.78 Å². The Labute approximate surface area is 119 Å². The first-order valence-electron chi connectivity index (χ1n) is 6.36. The summed E-state index contributed by atoms with van der Waals surface area (Å²) in [6.45, 7) is 8.26. The first kappa shape index (κ1) is 15.2.